The number of esters is 1. The van der Waals surface area contributed by atoms with Crippen molar-refractivity contribution in [3.8, 4) is 11.1 Å². The Morgan fingerprint density at radius 1 is 0.880 bits per heavy atom. The molecule has 2 heterocycles. The van der Waals surface area contributed by atoms with Crippen molar-refractivity contribution in [1.82, 2.24) is 29.2 Å². The van der Waals surface area contributed by atoms with Gasteiger partial charge in [-0.15, -0.1) is 10.2 Å². The molecule has 0 spiro atoms. The van der Waals surface area contributed by atoms with Gasteiger partial charge in [0.2, 0.25) is 0 Å². The summed E-state index contributed by atoms with van der Waals surface area (Å²) in [6.45, 7) is 0.976. The molecule has 1 aliphatic carbocycles. The summed E-state index contributed by atoms with van der Waals surface area (Å²) in [5.41, 5.74) is 3.86. The fraction of sp³-hybridized carbons (Fsp3) is 0.306. The molecule has 5 aromatic rings. The smallest absolute Gasteiger partial charge is 0.416 e. The minimum absolute atomic E-state index is 0.0435. The second-order valence-corrected chi connectivity index (χ2v) is 13.1. The number of hydrogen-bond donors (Lipinski definition) is 0. The van der Waals surface area contributed by atoms with Gasteiger partial charge in [0.25, 0.3) is 5.56 Å². The van der Waals surface area contributed by atoms with E-state index in [9.17, 15) is 27.2 Å². The van der Waals surface area contributed by atoms with Crippen molar-refractivity contribution in [2.24, 2.45) is 0 Å². The van der Waals surface area contributed by atoms with E-state index in [1.165, 1.54) is 43.1 Å². The Bertz CT molecular complexity index is 2030. The number of likely N-dealkylation sites (N-methyl/N-ethyl adjacent to an activating group) is 1. The maximum absolute atomic E-state index is 13.5. The van der Waals surface area contributed by atoms with Gasteiger partial charge in [-0.25, -0.2) is 4.39 Å². The van der Waals surface area contributed by atoms with Gasteiger partial charge in [-0.1, -0.05) is 60.3 Å². The van der Waals surface area contributed by atoms with Crippen molar-refractivity contribution in [3.63, 3.8) is 0 Å². The second-order valence-electron chi connectivity index (χ2n) is 12.1. The molecule has 0 radical (unpaired) electrons. The summed E-state index contributed by atoms with van der Waals surface area (Å²) in [5.74, 6) is 0.974. The average Bonchev–Trinajstić information content (AvgIpc) is 3.74. The van der Waals surface area contributed by atoms with Crippen LogP contribution in [0, 0.1) is 5.82 Å². The molecule has 0 aliphatic heterocycles. The minimum Gasteiger partial charge on any atom is -0.468 e. The first-order valence-electron chi connectivity index (χ1n) is 15.9. The van der Waals surface area contributed by atoms with E-state index in [0.717, 1.165) is 40.9 Å². The normalized spacial score (nSPS) is 12.8. The number of rotatable bonds is 12. The van der Waals surface area contributed by atoms with Crippen molar-refractivity contribution in [3.05, 3.63) is 129 Å². The predicted octanol–water partition coefficient (Wildman–Crippen LogP) is 6.14. The molecule has 0 atom stereocenters. The molecule has 9 nitrogen and oxygen atoms in total. The van der Waals surface area contributed by atoms with Gasteiger partial charge in [-0.2, -0.15) is 18.2 Å². The molecule has 14 heteroatoms. The number of thioether (sulfide) groups is 1. The molecule has 0 amide bonds. The van der Waals surface area contributed by atoms with Crippen LogP contribution in [0.3, 0.4) is 0 Å². The molecule has 0 saturated heterocycles. The highest BCUT2D eigenvalue weighted by Crippen LogP contribution is 2.31. The molecule has 260 valence electrons. The van der Waals surface area contributed by atoms with Crippen LogP contribution in [0.5, 0.6) is 0 Å². The summed E-state index contributed by atoms with van der Waals surface area (Å²) < 4.78 is 61.6. The summed E-state index contributed by atoms with van der Waals surface area (Å²) in [5, 5.41) is 9.61. The van der Waals surface area contributed by atoms with Crippen molar-refractivity contribution in [2.45, 2.75) is 56.0 Å². The molecule has 0 saturated carbocycles. The zero-order valence-electron chi connectivity index (χ0n) is 27.4. The molecule has 1 aliphatic rings. The molecule has 0 fully saturated rings. The first-order valence-corrected chi connectivity index (χ1v) is 16.9. The molecular formula is C36H34F4N6O3S. The van der Waals surface area contributed by atoms with Crippen molar-refractivity contribution >= 4 is 17.7 Å². The maximum Gasteiger partial charge on any atom is 0.416 e. The number of fused-ring (bicyclic) bond motifs is 1. The Hall–Kier alpha value is -4.82. The predicted molar refractivity (Wildman–Crippen MR) is 180 cm³/mol. The SMILES string of the molecule is COC(=O)CN(C)Cc1nnc(Cn2c(SCc3ccc(F)cc3)nc(=O)c3c2CCC3)n1Cc1ccc(-c2ccc(C(F)(F)F)cc2)cc1. The standard InChI is InChI=1S/C36H34F4N6O3S/c1-44(21-33(47)49-2)19-31-42-43-32(46(31)18-23-6-10-25(11-7-23)26-12-14-27(15-13-26)36(38,39)40)20-45-30-5-3-4-29(30)34(48)41-35(45)50-22-24-8-16-28(37)17-9-24/h6-17H,3-5,18-22H2,1-2H3. The number of ether oxygens (including phenoxy) is 1. The van der Waals surface area contributed by atoms with Gasteiger partial charge < -0.3 is 13.9 Å². The van der Waals surface area contributed by atoms with Gasteiger partial charge in [-0.05, 0) is 72.8 Å². The van der Waals surface area contributed by atoms with Gasteiger partial charge in [-0.3, -0.25) is 14.5 Å². The number of aromatic nitrogens is 5. The van der Waals surface area contributed by atoms with E-state index in [1.54, 1.807) is 24.1 Å². The van der Waals surface area contributed by atoms with Crippen LogP contribution in [0.1, 0.15) is 46.0 Å². The summed E-state index contributed by atoms with van der Waals surface area (Å²) in [6, 6.07) is 18.8. The van der Waals surface area contributed by atoms with Crippen LogP contribution in [0.4, 0.5) is 17.6 Å². The highest BCUT2D eigenvalue weighted by Gasteiger charge is 2.30. The lowest BCUT2D eigenvalue weighted by molar-refractivity contribution is -0.141. The van der Waals surface area contributed by atoms with Crippen LogP contribution in [0.15, 0.2) is 82.7 Å². The molecule has 0 unspecified atom stereocenters. The number of nitrogens with zero attached hydrogens (tertiary/aromatic N) is 6. The Balaban J connectivity index is 1.31. The maximum atomic E-state index is 13.5. The lowest BCUT2D eigenvalue weighted by atomic mass is 10.0. The topological polar surface area (TPSA) is 95.1 Å². The first-order chi connectivity index (χ1) is 24.0. The van der Waals surface area contributed by atoms with Gasteiger partial charge >= 0.3 is 12.1 Å². The van der Waals surface area contributed by atoms with E-state index in [-0.39, 0.29) is 24.5 Å². The first kappa shape index (κ1) is 35.0. The molecular weight excluding hydrogens is 672 g/mol. The molecule has 50 heavy (non-hydrogen) atoms. The number of methoxy groups -OCH3 is 1. The van der Waals surface area contributed by atoms with E-state index >= 15 is 0 Å². The van der Waals surface area contributed by atoms with E-state index in [0.29, 0.717) is 59.6 Å². The average molecular weight is 707 g/mol. The highest BCUT2D eigenvalue weighted by atomic mass is 32.2. The van der Waals surface area contributed by atoms with Gasteiger partial charge in [0.15, 0.2) is 11.0 Å². The van der Waals surface area contributed by atoms with E-state index in [2.05, 4.69) is 15.2 Å². The van der Waals surface area contributed by atoms with Crippen molar-refractivity contribution in [2.75, 3.05) is 20.7 Å². The van der Waals surface area contributed by atoms with E-state index in [4.69, 9.17) is 4.74 Å². The fourth-order valence-corrected chi connectivity index (χ4v) is 6.90. The number of hydrogen-bond acceptors (Lipinski definition) is 8. The van der Waals surface area contributed by atoms with Crippen LogP contribution in [-0.4, -0.2) is 55.9 Å². The van der Waals surface area contributed by atoms with Gasteiger partial charge in [0, 0.05) is 17.0 Å². The van der Waals surface area contributed by atoms with Crippen molar-refractivity contribution < 1.29 is 27.1 Å². The molecule has 0 N–H and O–H groups in total. The summed E-state index contributed by atoms with van der Waals surface area (Å²) in [6.07, 6.45) is -2.22. The number of carbonyl (C=O) groups excluding carboxylic acids is 1. The molecule has 2 aromatic heterocycles. The lowest BCUT2D eigenvalue weighted by Gasteiger charge is -2.19. The number of alkyl halides is 3. The van der Waals surface area contributed by atoms with Crippen molar-refractivity contribution in [1.29, 1.82) is 0 Å². The van der Waals surface area contributed by atoms with E-state index in [1.807, 2.05) is 33.4 Å². The second kappa shape index (κ2) is 15.0. The Morgan fingerprint density at radius 3 is 2.18 bits per heavy atom. The quantitative estimate of drug-likeness (QED) is 0.0661. The summed E-state index contributed by atoms with van der Waals surface area (Å²) in [4.78, 5) is 31.2. The monoisotopic (exact) mass is 706 g/mol. The van der Waals surface area contributed by atoms with Crippen LogP contribution < -0.4 is 5.56 Å². The largest absolute Gasteiger partial charge is 0.468 e. The Kier molecular flexibility index (Phi) is 10.5. The Morgan fingerprint density at radius 2 is 1.52 bits per heavy atom. The third kappa shape index (κ3) is 8.13. The van der Waals surface area contributed by atoms with Crippen LogP contribution in [0.2, 0.25) is 0 Å². The fourth-order valence-electron chi connectivity index (χ4n) is 5.94. The summed E-state index contributed by atoms with van der Waals surface area (Å²) >= 11 is 1.39. The van der Waals surface area contributed by atoms with E-state index < -0.39 is 17.7 Å². The molecule has 6 rings (SSSR count). The third-order valence-electron chi connectivity index (χ3n) is 8.56. The number of halogens is 4. The summed E-state index contributed by atoms with van der Waals surface area (Å²) in [7, 11) is 3.10. The van der Waals surface area contributed by atoms with Crippen LogP contribution >= 0.6 is 11.8 Å². The third-order valence-corrected chi connectivity index (χ3v) is 9.61. The van der Waals surface area contributed by atoms with Gasteiger partial charge in [0.05, 0.1) is 38.9 Å². The highest BCUT2D eigenvalue weighted by molar-refractivity contribution is 7.98. The minimum atomic E-state index is -4.41. The van der Waals surface area contributed by atoms with Gasteiger partial charge in [0.1, 0.15) is 11.6 Å². The zero-order valence-corrected chi connectivity index (χ0v) is 28.2. The number of benzene rings is 3. The van der Waals surface area contributed by atoms with Crippen LogP contribution in [-0.2, 0) is 53.9 Å². The number of carbonyl (C=O) groups is 1. The van der Waals surface area contributed by atoms with Crippen LogP contribution in [0.25, 0.3) is 11.1 Å². The zero-order chi connectivity index (χ0) is 35.4. The Labute approximate surface area is 289 Å². The lowest BCUT2D eigenvalue weighted by Crippen LogP contribution is -2.28. The molecule has 0 bridgehead atoms. The molecule has 3 aromatic carbocycles.